The van der Waals surface area contributed by atoms with E-state index in [1.807, 2.05) is 0 Å². The summed E-state index contributed by atoms with van der Waals surface area (Å²) in [5.41, 5.74) is 5.66. The smallest absolute Gasteiger partial charge is 0.240 e. The molecule has 0 bridgehead atoms. The van der Waals surface area contributed by atoms with E-state index >= 15 is 0 Å². The largest absolute Gasteiger partial charge is 0.381 e. The lowest BCUT2D eigenvalue weighted by Gasteiger charge is -2.39. The predicted octanol–water partition coefficient (Wildman–Crippen LogP) is -0.616. The topological polar surface area (TPSA) is 89.7 Å². The fourth-order valence-electron chi connectivity index (χ4n) is 2.16. The first-order chi connectivity index (χ1) is 8.31. The highest BCUT2D eigenvalue weighted by atomic mass is 32.2. The number of carbonyl (C=O) groups is 1. The number of piperidine rings is 1. The van der Waals surface area contributed by atoms with E-state index in [1.165, 1.54) is 6.92 Å². The molecule has 106 valence electrons. The fourth-order valence-corrected chi connectivity index (χ4v) is 2.66. The fraction of sp³-hybridized carbons (Fsp3) is 0.909. The first-order valence-electron chi connectivity index (χ1n) is 6.03. The Kier molecular flexibility index (Phi) is 5.12. The van der Waals surface area contributed by atoms with Crippen molar-refractivity contribution in [2.75, 3.05) is 26.5 Å². The molecular formula is C11H22N2O4S. The van der Waals surface area contributed by atoms with Crippen LogP contribution in [0.5, 0.6) is 0 Å². The van der Waals surface area contributed by atoms with Crippen molar-refractivity contribution >= 4 is 15.7 Å². The monoisotopic (exact) mass is 278 g/mol. The summed E-state index contributed by atoms with van der Waals surface area (Å²) in [6, 6.07) is -0.139. The molecule has 6 nitrogen and oxygen atoms in total. The molecule has 1 aliphatic heterocycles. The molecule has 7 heteroatoms. The van der Waals surface area contributed by atoms with Crippen molar-refractivity contribution in [2.45, 2.75) is 37.2 Å². The lowest BCUT2D eigenvalue weighted by atomic mass is 9.99. The standard InChI is InChI=1S/C11H22N2O4S/c1-8(18(3,15)16)11(14)13-5-4-10(17-2)6-9(13)7-12/h8-10H,4-7,12H2,1-3H3. The van der Waals surface area contributed by atoms with E-state index in [2.05, 4.69) is 0 Å². The minimum Gasteiger partial charge on any atom is -0.381 e. The highest BCUT2D eigenvalue weighted by Crippen LogP contribution is 2.21. The van der Waals surface area contributed by atoms with Crippen molar-refractivity contribution in [1.82, 2.24) is 4.90 Å². The van der Waals surface area contributed by atoms with E-state index in [0.717, 1.165) is 12.7 Å². The van der Waals surface area contributed by atoms with Crippen LogP contribution in [0.15, 0.2) is 0 Å². The van der Waals surface area contributed by atoms with Crippen LogP contribution in [0.3, 0.4) is 0 Å². The molecule has 1 saturated heterocycles. The Balaban J connectivity index is 2.79. The van der Waals surface area contributed by atoms with Crippen LogP contribution < -0.4 is 5.73 Å². The summed E-state index contributed by atoms with van der Waals surface area (Å²) >= 11 is 0. The average Bonchev–Trinajstić information content (AvgIpc) is 2.35. The zero-order valence-corrected chi connectivity index (χ0v) is 11.9. The van der Waals surface area contributed by atoms with Crippen LogP contribution in [-0.4, -0.2) is 63.1 Å². The Labute approximate surface area is 108 Å². The van der Waals surface area contributed by atoms with Crippen molar-refractivity contribution in [3.63, 3.8) is 0 Å². The maximum absolute atomic E-state index is 12.2. The molecule has 0 saturated carbocycles. The second kappa shape index (κ2) is 5.99. The van der Waals surface area contributed by atoms with Gasteiger partial charge in [-0.1, -0.05) is 0 Å². The lowest BCUT2D eigenvalue weighted by molar-refractivity contribution is -0.136. The number of carbonyl (C=O) groups excluding carboxylic acids is 1. The highest BCUT2D eigenvalue weighted by molar-refractivity contribution is 7.92. The van der Waals surface area contributed by atoms with E-state index < -0.39 is 15.1 Å². The summed E-state index contributed by atoms with van der Waals surface area (Å²) in [7, 11) is -1.73. The Bertz CT molecular complexity index is 396. The van der Waals surface area contributed by atoms with Gasteiger partial charge in [-0.15, -0.1) is 0 Å². The van der Waals surface area contributed by atoms with E-state index in [0.29, 0.717) is 19.5 Å². The first-order valence-corrected chi connectivity index (χ1v) is 7.99. The maximum Gasteiger partial charge on any atom is 0.240 e. The first kappa shape index (κ1) is 15.4. The molecule has 2 N–H and O–H groups in total. The van der Waals surface area contributed by atoms with E-state index in [-0.39, 0.29) is 18.1 Å². The summed E-state index contributed by atoms with van der Waals surface area (Å²) in [5.74, 6) is -0.359. The minimum atomic E-state index is -3.37. The van der Waals surface area contributed by atoms with Crippen molar-refractivity contribution < 1.29 is 17.9 Å². The number of likely N-dealkylation sites (tertiary alicyclic amines) is 1. The quantitative estimate of drug-likeness (QED) is 0.740. The molecule has 3 unspecified atom stereocenters. The molecule has 3 atom stereocenters. The van der Waals surface area contributed by atoms with E-state index in [9.17, 15) is 13.2 Å². The number of nitrogens with two attached hydrogens (primary N) is 1. The van der Waals surface area contributed by atoms with Crippen LogP contribution in [-0.2, 0) is 19.4 Å². The number of methoxy groups -OCH3 is 1. The van der Waals surface area contributed by atoms with E-state index in [4.69, 9.17) is 10.5 Å². The summed E-state index contributed by atoms with van der Waals surface area (Å²) in [6.07, 6.45) is 2.55. The summed E-state index contributed by atoms with van der Waals surface area (Å²) < 4.78 is 28.1. The van der Waals surface area contributed by atoms with Crippen LogP contribution in [0.25, 0.3) is 0 Å². The van der Waals surface area contributed by atoms with Gasteiger partial charge in [0.1, 0.15) is 5.25 Å². The zero-order chi connectivity index (χ0) is 13.9. The molecule has 0 aromatic rings. The van der Waals surface area contributed by atoms with Gasteiger partial charge in [-0.3, -0.25) is 4.79 Å². The van der Waals surface area contributed by atoms with Crippen molar-refractivity contribution in [3.8, 4) is 0 Å². The molecule has 1 amide bonds. The minimum absolute atomic E-state index is 0.0936. The molecule has 1 heterocycles. The average molecular weight is 278 g/mol. The second-order valence-electron chi connectivity index (χ2n) is 4.78. The molecule has 1 aliphatic rings. The second-order valence-corrected chi connectivity index (χ2v) is 7.14. The van der Waals surface area contributed by atoms with Gasteiger partial charge in [0, 0.05) is 32.5 Å². The number of rotatable bonds is 4. The van der Waals surface area contributed by atoms with Crippen LogP contribution in [0.2, 0.25) is 0 Å². The molecular weight excluding hydrogens is 256 g/mol. The van der Waals surface area contributed by atoms with Gasteiger partial charge < -0.3 is 15.4 Å². The highest BCUT2D eigenvalue weighted by Gasteiger charge is 2.35. The third-order valence-corrected chi connectivity index (χ3v) is 5.03. The molecule has 1 fully saturated rings. The van der Waals surface area contributed by atoms with Crippen molar-refractivity contribution in [3.05, 3.63) is 0 Å². The van der Waals surface area contributed by atoms with Crippen LogP contribution in [0, 0.1) is 0 Å². The SMILES string of the molecule is COC1CCN(C(=O)C(C)S(C)(=O)=O)C(CN)C1. The number of amides is 1. The van der Waals surface area contributed by atoms with Crippen LogP contribution in [0.1, 0.15) is 19.8 Å². The molecule has 0 aliphatic carbocycles. The third-order valence-electron chi connectivity index (χ3n) is 3.55. The number of sulfone groups is 1. The number of nitrogens with zero attached hydrogens (tertiary/aromatic N) is 1. The Morgan fingerprint density at radius 3 is 2.61 bits per heavy atom. The normalized spacial score (nSPS) is 27.0. The van der Waals surface area contributed by atoms with Gasteiger partial charge in [0.05, 0.1) is 6.10 Å². The molecule has 0 radical (unpaired) electrons. The van der Waals surface area contributed by atoms with Crippen molar-refractivity contribution in [1.29, 1.82) is 0 Å². The summed E-state index contributed by atoms with van der Waals surface area (Å²) in [4.78, 5) is 13.7. The maximum atomic E-state index is 12.2. The number of ether oxygens (including phenoxy) is 1. The van der Waals surface area contributed by atoms with Crippen LogP contribution in [0.4, 0.5) is 0 Å². The predicted molar refractivity (Wildman–Crippen MR) is 68.9 cm³/mol. The van der Waals surface area contributed by atoms with Gasteiger partial charge >= 0.3 is 0 Å². The van der Waals surface area contributed by atoms with Crippen molar-refractivity contribution in [2.24, 2.45) is 5.73 Å². The number of hydrogen-bond acceptors (Lipinski definition) is 5. The lowest BCUT2D eigenvalue weighted by Crippen LogP contribution is -2.54. The Morgan fingerprint density at radius 2 is 2.17 bits per heavy atom. The van der Waals surface area contributed by atoms with E-state index in [1.54, 1.807) is 12.0 Å². The van der Waals surface area contributed by atoms with Crippen LogP contribution >= 0.6 is 0 Å². The molecule has 0 spiro atoms. The third kappa shape index (κ3) is 3.43. The van der Waals surface area contributed by atoms with Gasteiger partial charge in [-0.2, -0.15) is 0 Å². The Hall–Kier alpha value is -0.660. The van der Waals surface area contributed by atoms with Gasteiger partial charge in [0.2, 0.25) is 5.91 Å². The Morgan fingerprint density at radius 1 is 1.56 bits per heavy atom. The van der Waals surface area contributed by atoms with Gasteiger partial charge in [-0.25, -0.2) is 8.42 Å². The molecule has 0 aromatic carbocycles. The summed E-state index contributed by atoms with van der Waals surface area (Å²) in [5, 5.41) is -1.01. The van der Waals surface area contributed by atoms with Gasteiger partial charge in [-0.05, 0) is 19.8 Å². The van der Waals surface area contributed by atoms with Gasteiger partial charge in [0.15, 0.2) is 9.84 Å². The molecule has 18 heavy (non-hydrogen) atoms. The molecule has 1 rings (SSSR count). The van der Waals surface area contributed by atoms with Gasteiger partial charge in [0.25, 0.3) is 0 Å². The summed E-state index contributed by atoms with van der Waals surface area (Å²) in [6.45, 7) is 2.24. The molecule has 0 aromatic heterocycles. The number of hydrogen-bond donors (Lipinski definition) is 1. The zero-order valence-electron chi connectivity index (χ0n) is 11.1.